The zero-order chi connectivity index (χ0) is 26.8. The lowest BCUT2D eigenvalue weighted by Gasteiger charge is -2.39. The van der Waals surface area contributed by atoms with Crippen LogP contribution in [0.25, 0.3) is 0 Å². The fraction of sp³-hybridized carbons (Fsp3) is 0.500. The van der Waals surface area contributed by atoms with Gasteiger partial charge in [-0.05, 0) is 36.6 Å². The van der Waals surface area contributed by atoms with E-state index in [0.717, 1.165) is 23.9 Å². The highest BCUT2D eigenvalue weighted by Crippen LogP contribution is 2.40. The number of ether oxygens (including phenoxy) is 3. The van der Waals surface area contributed by atoms with Gasteiger partial charge < -0.3 is 19.3 Å². The number of halogens is 1. The summed E-state index contributed by atoms with van der Waals surface area (Å²) in [6, 6.07) is 12.3. The Morgan fingerprint density at radius 3 is 2.36 bits per heavy atom. The van der Waals surface area contributed by atoms with Crippen molar-refractivity contribution in [2.45, 2.75) is 43.4 Å². The normalized spacial score (nSPS) is 14.3. The minimum Gasteiger partial charge on any atom is -0.497 e. The molecule has 2 unspecified atom stereocenters. The Kier molecular flexibility index (Phi) is 11.3. The first-order chi connectivity index (χ1) is 17.2. The van der Waals surface area contributed by atoms with E-state index in [1.807, 2.05) is 6.92 Å². The molecule has 0 aliphatic rings. The largest absolute Gasteiger partial charge is 0.497 e. The van der Waals surface area contributed by atoms with E-state index in [0.29, 0.717) is 17.7 Å². The monoisotopic (exact) mass is 525 g/mol. The summed E-state index contributed by atoms with van der Waals surface area (Å²) in [6.45, 7) is 1.25. The van der Waals surface area contributed by atoms with E-state index in [2.05, 4.69) is 0 Å². The first kappa shape index (κ1) is 29.7. The standard InChI is InChI=1S/C26H36FNO7S/c1-5-6-17-35-19-24(36(31,32)28(2)18-20-11-13-21(33-3)14-12-20)26(15-16-29,25(30)34-4)22-9-7-8-10-23(22)27/h7-14,24,29H,5-6,15-19H2,1-4H3. The highest BCUT2D eigenvalue weighted by molar-refractivity contribution is 7.89. The number of hydrogen-bond acceptors (Lipinski definition) is 7. The maximum atomic E-state index is 15.2. The van der Waals surface area contributed by atoms with Gasteiger partial charge in [-0.25, -0.2) is 17.1 Å². The maximum absolute atomic E-state index is 15.2. The number of aliphatic hydroxyl groups is 1. The number of unbranched alkanes of at least 4 members (excludes halogenated alkanes) is 1. The van der Waals surface area contributed by atoms with Crippen molar-refractivity contribution in [3.8, 4) is 5.75 Å². The zero-order valence-corrected chi connectivity index (χ0v) is 22.1. The van der Waals surface area contributed by atoms with Gasteiger partial charge >= 0.3 is 5.97 Å². The first-order valence-corrected chi connectivity index (χ1v) is 13.3. The Labute approximate surface area is 213 Å². The second-order valence-corrected chi connectivity index (χ2v) is 10.7. The topological polar surface area (TPSA) is 102 Å². The molecule has 0 aromatic heterocycles. The lowest BCUT2D eigenvalue weighted by molar-refractivity contribution is -0.149. The summed E-state index contributed by atoms with van der Waals surface area (Å²) in [6.07, 6.45) is 1.12. The summed E-state index contributed by atoms with van der Waals surface area (Å²) in [5, 5.41) is 8.39. The molecule has 0 bridgehead atoms. The predicted octanol–water partition coefficient (Wildman–Crippen LogP) is 3.27. The van der Waals surface area contributed by atoms with Crippen LogP contribution >= 0.6 is 0 Å². The average molecular weight is 526 g/mol. The third kappa shape index (κ3) is 6.61. The number of rotatable bonds is 15. The number of carbonyl (C=O) groups excluding carboxylic acids is 1. The number of carbonyl (C=O) groups is 1. The van der Waals surface area contributed by atoms with E-state index in [-0.39, 0.29) is 25.1 Å². The van der Waals surface area contributed by atoms with Crippen molar-refractivity contribution in [3.05, 3.63) is 65.5 Å². The maximum Gasteiger partial charge on any atom is 0.317 e. The third-order valence-corrected chi connectivity index (χ3v) is 8.49. The lowest BCUT2D eigenvalue weighted by Crippen LogP contribution is -2.57. The van der Waals surface area contributed by atoms with E-state index in [9.17, 15) is 18.3 Å². The summed E-state index contributed by atoms with van der Waals surface area (Å²) >= 11 is 0. The van der Waals surface area contributed by atoms with Gasteiger partial charge in [0.25, 0.3) is 0 Å². The summed E-state index contributed by atoms with van der Waals surface area (Å²) < 4.78 is 60.3. The minimum absolute atomic E-state index is 0.00849. The average Bonchev–Trinajstić information content (AvgIpc) is 2.88. The van der Waals surface area contributed by atoms with Gasteiger partial charge in [0.15, 0.2) is 0 Å². The molecule has 2 atom stereocenters. The molecule has 0 saturated heterocycles. The predicted molar refractivity (Wildman–Crippen MR) is 135 cm³/mol. The SMILES string of the molecule is CCCCOCC(C(CCO)(C(=O)OC)c1ccccc1F)S(=O)(=O)N(C)Cc1ccc(OC)cc1. The molecule has 36 heavy (non-hydrogen) atoms. The Hall–Kier alpha value is -2.53. The van der Waals surface area contributed by atoms with Gasteiger partial charge in [-0.2, -0.15) is 0 Å². The molecule has 0 spiro atoms. The number of aliphatic hydroxyl groups excluding tert-OH is 1. The minimum atomic E-state index is -4.30. The van der Waals surface area contributed by atoms with Crippen LogP contribution in [0.4, 0.5) is 4.39 Å². The summed E-state index contributed by atoms with van der Waals surface area (Å²) in [7, 11) is -0.272. The van der Waals surface area contributed by atoms with E-state index in [1.54, 1.807) is 24.3 Å². The second-order valence-electron chi connectivity index (χ2n) is 8.48. The molecule has 8 nitrogen and oxygen atoms in total. The number of nitrogens with zero attached hydrogens (tertiary/aromatic N) is 1. The van der Waals surface area contributed by atoms with Gasteiger partial charge in [0.1, 0.15) is 22.2 Å². The Balaban J connectivity index is 2.63. The van der Waals surface area contributed by atoms with Crippen LogP contribution in [0.5, 0.6) is 5.75 Å². The number of benzene rings is 2. The number of sulfonamides is 1. The summed E-state index contributed by atoms with van der Waals surface area (Å²) in [4.78, 5) is 13.4. The van der Waals surface area contributed by atoms with Crippen molar-refractivity contribution in [2.75, 3.05) is 41.1 Å². The molecule has 200 valence electrons. The second kappa shape index (κ2) is 13.7. The number of hydrogen-bond donors (Lipinski definition) is 1. The van der Waals surface area contributed by atoms with Crippen LogP contribution < -0.4 is 4.74 Å². The molecule has 0 amide bonds. The van der Waals surface area contributed by atoms with Crippen LogP contribution in [-0.4, -0.2) is 70.1 Å². The molecule has 0 radical (unpaired) electrons. The summed E-state index contributed by atoms with van der Waals surface area (Å²) in [5.41, 5.74) is -1.53. The quantitative estimate of drug-likeness (QED) is 0.281. The van der Waals surface area contributed by atoms with Crippen molar-refractivity contribution >= 4 is 16.0 Å². The molecular formula is C26H36FNO7S. The Morgan fingerprint density at radius 1 is 1.14 bits per heavy atom. The van der Waals surface area contributed by atoms with Crippen molar-refractivity contribution in [1.29, 1.82) is 0 Å². The van der Waals surface area contributed by atoms with E-state index < -0.39 is 45.7 Å². The van der Waals surface area contributed by atoms with Gasteiger partial charge in [0, 0.05) is 32.4 Å². The van der Waals surface area contributed by atoms with Gasteiger partial charge in [-0.3, -0.25) is 4.79 Å². The smallest absolute Gasteiger partial charge is 0.317 e. The number of methoxy groups -OCH3 is 2. The van der Waals surface area contributed by atoms with Crippen LogP contribution in [-0.2, 0) is 36.3 Å². The van der Waals surface area contributed by atoms with Gasteiger partial charge in [-0.1, -0.05) is 43.7 Å². The Morgan fingerprint density at radius 2 is 1.81 bits per heavy atom. The number of esters is 1. The molecule has 1 N–H and O–H groups in total. The van der Waals surface area contributed by atoms with Gasteiger partial charge in [-0.15, -0.1) is 0 Å². The van der Waals surface area contributed by atoms with Crippen LogP contribution in [0.1, 0.15) is 37.3 Å². The van der Waals surface area contributed by atoms with Crippen molar-refractivity contribution in [1.82, 2.24) is 4.31 Å². The van der Waals surface area contributed by atoms with E-state index in [1.165, 1.54) is 32.4 Å². The highest BCUT2D eigenvalue weighted by atomic mass is 32.2. The molecule has 2 aromatic rings. The molecule has 0 aliphatic heterocycles. The molecular weight excluding hydrogens is 489 g/mol. The van der Waals surface area contributed by atoms with Crippen LogP contribution in [0.15, 0.2) is 48.5 Å². The molecule has 2 aromatic carbocycles. The van der Waals surface area contributed by atoms with Gasteiger partial charge in [0.05, 0.1) is 20.8 Å². The summed E-state index contributed by atoms with van der Waals surface area (Å²) in [5.74, 6) is -1.12. The van der Waals surface area contributed by atoms with Gasteiger partial charge in [0.2, 0.25) is 10.0 Å². The van der Waals surface area contributed by atoms with Crippen molar-refractivity contribution in [3.63, 3.8) is 0 Å². The van der Waals surface area contributed by atoms with E-state index in [4.69, 9.17) is 14.2 Å². The lowest BCUT2D eigenvalue weighted by atomic mass is 9.74. The molecule has 0 heterocycles. The van der Waals surface area contributed by atoms with Crippen molar-refractivity contribution in [2.24, 2.45) is 0 Å². The highest BCUT2D eigenvalue weighted by Gasteiger charge is 2.56. The fourth-order valence-corrected chi connectivity index (χ4v) is 6.09. The van der Waals surface area contributed by atoms with Crippen LogP contribution in [0.3, 0.4) is 0 Å². The molecule has 10 heteroatoms. The van der Waals surface area contributed by atoms with Crippen LogP contribution in [0, 0.1) is 5.82 Å². The van der Waals surface area contributed by atoms with E-state index >= 15 is 4.39 Å². The molecule has 0 saturated carbocycles. The van der Waals surface area contributed by atoms with Crippen molar-refractivity contribution < 1.29 is 36.9 Å². The fourth-order valence-electron chi connectivity index (χ4n) is 4.21. The third-order valence-electron chi connectivity index (χ3n) is 6.23. The zero-order valence-electron chi connectivity index (χ0n) is 21.3. The molecule has 0 fully saturated rings. The molecule has 0 aliphatic carbocycles. The van der Waals surface area contributed by atoms with Crippen LogP contribution in [0.2, 0.25) is 0 Å². The first-order valence-electron chi connectivity index (χ1n) is 11.8. The Bertz CT molecular complexity index is 1080. The molecule has 2 rings (SSSR count).